The van der Waals surface area contributed by atoms with Crippen LogP contribution in [0, 0.1) is 0 Å². The van der Waals surface area contributed by atoms with E-state index in [9.17, 15) is 4.79 Å². The Hall–Kier alpha value is -0.280. The second kappa shape index (κ2) is 3.41. The Morgan fingerprint density at radius 3 is 2.36 bits per heavy atom. The first-order valence-corrected chi connectivity index (χ1v) is 3.52. The number of rotatable bonds is 1. The largest absolute Gasteiger partial charge is 0.480 e. The monoisotopic (exact) mass is 179 g/mol. The van der Waals surface area contributed by atoms with E-state index in [4.69, 9.17) is 5.11 Å². The minimum Gasteiger partial charge on any atom is -0.480 e. The summed E-state index contributed by atoms with van der Waals surface area (Å²) in [6, 6.07) is -0.324. The van der Waals surface area contributed by atoms with Crippen molar-refractivity contribution in [1.29, 1.82) is 0 Å². The van der Waals surface area contributed by atoms with Crippen LogP contribution < -0.4 is 5.32 Å². The number of carboxylic acids is 1. The first-order chi connectivity index (χ1) is 4.51. The van der Waals surface area contributed by atoms with Crippen molar-refractivity contribution in [2.45, 2.75) is 38.3 Å². The molecule has 1 fully saturated rings. The highest BCUT2D eigenvalue weighted by Gasteiger charge is 2.33. The van der Waals surface area contributed by atoms with Gasteiger partial charge in [-0.25, -0.2) is 0 Å². The summed E-state index contributed by atoms with van der Waals surface area (Å²) in [5, 5.41) is 11.6. The van der Waals surface area contributed by atoms with Gasteiger partial charge in [0, 0.05) is 5.54 Å². The van der Waals surface area contributed by atoms with Gasteiger partial charge in [0.2, 0.25) is 0 Å². The van der Waals surface area contributed by atoms with Crippen molar-refractivity contribution >= 4 is 18.4 Å². The van der Waals surface area contributed by atoms with Crippen LogP contribution in [0.15, 0.2) is 0 Å². The predicted octanol–water partition coefficient (Wildman–Crippen LogP) is 1.02. The summed E-state index contributed by atoms with van der Waals surface area (Å²) >= 11 is 0. The van der Waals surface area contributed by atoms with E-state index in [1.54, 1.807) is 0 Å². The number of carbonyl (C=O) groups is 1. The Morgan fingerprint density at radius 2 is 2.18 bits per heavy atom. The summed E-state index contributed by atoms with van der Waals surface area (Å²) in [5.74, 6) is -0.731. The molecular weight excluding hydrogens is 166 g/mol. The molecule has 0 saturated carbocycles. The molecule has 0 aliphatic carbocycles. The van der Waals surface area contributed by atoms with Crippen molar-refractivity contribution in [3.05, 3.63) is 0 Å². The van der Waals surface area contributed by atoms with Crippen molar-refractivity contribution in [3.8, 4) is 0 Å². The SMILES string of the molecule is CC1(C)CC[C@@H](C(=O)O)N1.Cl. The summed E-state index contributed by atoms with van der Waals surface area (Å²) in [6.45, 7) is 4.05. The summed E-state index contributed by atoms with van der Waals surface area (Å²) in [5.41, 5.74) is 0.0169. The fourth-order valence-electron chi connectivity index (χ4n) is 1.31. The van der Waals surface area contributed by atoms with Crippen molar-refractivity contribution < 1.29 is 9.90 Å². The van der Waals surface area contributed by atoms with Crippen molar-refractivity contribution in [2.75, 3.05) is 0 Å². The molecule has 4 heteroatoms. The number of nitrogens with one attached hydrogen (secondary N) is 1. The molecule has 0 bridgehead atoms. The highest BCUT2D eigenvalue weighted by molar-refractivity contribution is 5.85. The number of halogens is 1. The van der Waals surface area contributed by atoms with Gasteiger partial charge in [0.25, 0.3) is 0 Å². The van der Waals surface area contributed by atoms with Crippen molar-refractivity contribution in [1.82, 2.24) is 5.32 Å². The first-order valence-electron chi connectivity index (χ1n) is 3.52. The Labute approximate surface area is 72.6 Å². The zero-order valence-corrected chi connectivity index (χ0v) is 7.57. The molecule has 0 radical (unpaired) electrons. The highest BCUT2D eigenvalue weighted by Crippen LogP contribution is 2.21. The van der Waals surface area contributed by atoms with E-state index >= 15 is 0 Å². The molecule has 0 unspecified atom stereocenters. The van der Waals surface area contributed by atoms with Gasteiger partial charge >= 0.3 is 5.97 Å². The van der Waals surface area contributed by atoms with Crippen molar-refractivity contribution in [2.24, 2.45) is 0 Å². The van der Waals surface area contributed by atoms with Gasteiger partial charge in [-0.1, -0.05) is 0 Å². The molecule has 66 valence electrons. The lowest BCUT2D eigenvalue weighted by Crippen LogP contribution is -2.41. The van der Waals surface area contributed by atoms with Gasteiger partial charge in [-0.15, -0.1) is 12.4 Å². The zero-order valence-electron chi connectivity index (χ0n) is 6.76. The maximum Gasteiger partial charge on any atom is 0.320 e. The maximum atomic E-state index is 10.4. The lowest BCUT2D eigenvalue weighted by atomic mass is 10.0. The summed E-state index contributed by atoms with van der Waals surface area (Å²) in [6.07, 6.45) is 1.70. The van der Waals surface area contributed by atoms with E-state index in [-0.39, 0.29) is 24.0 Å². The van der Waals surface area contributed by atoms with E-state index in [2.05, 4.69) is 5.32 Å². The van der Waals surface area contributed by atoms with Crippen LogP contribution in [-0.4, -0.2) is 22.7 Å². The molecular formula is C7H14ClNO2. The van der Waals surface area contributed by atoms with E-state index in [0.29, 0.717) is 0 Å². The minimum absolute atomic E-state index is 0. The third-order valence-electron chi connectivity index (χ3n) is 1.92. The van der Waals surface area contributed by atoms with Crippen LogP contribution in [0.2, 0.25) is 0 Å². The molecule has 1 aliphatic heterocycles. The molecule has 1 atom stereocenters. The molecule has 0 aromatic carbocycles. The molecule has 11 heavy (non-hydrogen) atoms. The van der Waals surface area contributed by atoms with E-state index in [0.717, 1.165) is 12.8 Å². The van der Waals surface area contributed by atoms with Gasteiger partial charge in [-0.3, -0.25) is 10.1 Å². The normalized spacial score (nSPS) is 27.6. The molecule has 1 aliphatic rings. The topological polar surface area (TPSA) is 49.3 Å². The van der Waals surface area contributed by atoms with Crippen LogP contribution in [0.25, 0.3) is 0 Å². The van der Waals surface area contributed by atoms with Crippen molar-refractivity contribution in [3.63, 3.8) is 0 Å². The first kappa shape index (κ1) is 10.7. The quantitative estimate of drug-likeness (QED) is 0.632. The van der Waals surface area contributed by atoms with E-state index in [1.807, 2.05) is 13.8 Å². The number of aliphatic carboxylic acids is 1. The second-order valence-corrected chi connectivity index (χ2v) is 3.46. The second-order valence-electron chi connectivity index (χ2n) is 3.46. The average molecular weight is 180 g/mol. The predicted molar refractivity (Wildman–Crippen MR) is 45.1 cm³/mol. The van der Waals surface area contributed by atoms with Crippen LogP contribution in [-0.2, 0) is 4.79 Å². The van der Waals surface area contributed by atoms with Gasteiger partial charge in [-0.2, -0.15) is 0 Å². The molecule has 0 spiro atoms. The molecule has 0 aromatic rings. The Morgan fingerprint density at radius 1 is 1.64 bits per heavy atom. The van der Waals surface area contributed by atoms with Gasteiger partial charge in [0.1, 0.15) is 6.04 Å². The van der Waals surface area contributed by atoms with E-state index in [1.165, 1.54) is 0 Å². The highest BCUT2D eigenvalue weighted by atomic mass is 35.5. The Bertz CT molecular complexity index is 159. The number of hydrogen-bond acceptors (Lipinski definition) is 2. The smallest absolute Gasteiger partial charge is 0.320 e. The lowest BCUT2D eigenvalue weighted by molar-refractivity contribution is -0.139. The standard InChI is InChI=1S/C7H13NO2.ClH/c1-7(2)4-3-5(8-7)6(9)10;/h5,8H,3-4H2,1-2H3,(H,9,10);1H/t5-;/m0./s1. The van der Waals surface area contributed by atoms with Crippen LogP contribution in [0.5, 0.6) is 0 Å². The molecule has 0 aromatic heterocycles. The van der Waals surface area contributed by atoms with Gasteiger partial charge in [0.15, 0.2) is 0 Å². The molecule has 1 rings (SSSR count). The fourth-order valence-corrected chi connectivity index (χ4v) is 1.31. The molecule has 3 nitrogen and oxygen atoms in total. The minimum atomic E-state index is -0.731. The molecule has 0 amide bonds. The maximum absolute atomic E-state index is 10.4. The van der Waals surface area contributed by atoms with Gasteiger partial charge in [0.05, 0.1) is 0 Å². The van der Waals surface area contributed by atoms with Crippen LogP contribution in [0.4, 0.5) is 0 Å². The molecule has 1 heterocycles. The third-order valence-corrected chi connectivity index (χ3v) is 1.92. The Kier molecular flexibility index (Phi) is 3.32. The Balaban J connectivity index is 0.000001000. The number of carboxylic acid groups (broad SMARTS) is 1. The fraction of sp³-hybridized carbons (Fsp3) is 0.857. The van der Waals surface area contributed by atoms with Crippen LogP contribution >= 0.6 is 12.4 Å². The average Bonchev–Trinajstić information content (AvgIpc) is 2.10. The number of hydrogen-bond donors (Lipinski definition) is 2. The summed E-state index contributed by atoms with van der Waals surface area (Å²) in [7, 11) is 0. The molecule has 2 N–H and O–H groups in total. The zero-order chi connectivity index (χ0) is 7.78. The third kappa shape index (κ3) is 2.67. The summed E-state index contributed by atoms with van der Waals surface area (Å²) < 4.78 is 0. The van der Waals surface area contributed by atoms with Crippen LogP contribution in [0.3, 0.4) is 0 Å². The lowest BCUT2D eigenvalue weighted by Gasteiger charge is -2.17. The summed E-state index contributed by atoms with van der Waals surface area (Å²) in [4.78, 5) is 10.4. The van der Waals surface area contributed by atoms with Crippen LogP contribution in [0.1, 0.15) is 26.7 Å². The van der Waals surface area contributed by atoms with Gasteiger partial charge < -0.3 is 5.11 Å². The van der Waals surface area contributed by atoms with E-state index < -0.39 is 5.97 Å². The molecule has 1 saturated heterocycles. The van der Waals surface area contributed by atoms with Gasteiger partial charge in [-0.05, 0) is 26.7 Å².